The van der Waals surface area contributed by atoms with Gasteiger partial charge < -0.3 is 30.3 Å². The van der Waals surface area contributed by atoms with Gasteiger partial charge >= 0.3 is 0 Å². The molecule has 1 aromatic carbocycles. The van der Waals surface area contributed by atoms with Crippen LogP contribution >= 0.6 is 9.24 Å². The minimum atomic E-state index is -0.452. The quantitative estimate of drug-likeness (QED) is 0.480. The van der Waals surface area contributed by atoms with Gasteiger partial charge in [0.05, 0.1) is 20.8 Å². The predicted octanol–water partition coefficient (Wildman–Crippen LogP) is -0.0386. The Morgan fingerprint density at radius 3 is 2.45 bits per heavy atom. The highest BCUT2D eigenvalue weighted by molar-refractivity contribution is 7.19. The van der Waals surface area contributed by atoms with Crippen molar-refractivity contribution >= 4 is 27.0 Å². The van der Waals surface area contributed by atoms with E-state index < -0.39 is 5.78 Å². The third-order valence-electron chi connectivity index (χ3n) is 4.86. The average molecular weight is 424 g/mol. The number of methoxy groups -OCH3 is 2. The second kappa shape index (κ2) is 11.0. The van der Waals surface area contributed by atoms with Crippen LogP contribution in [0.1, 0.15) is 23.2 Å². The molecule has 1 aromatic rings. The molecule has 0 saturated carbocycles. The summed E-state index contributed by atoms with van der Waals surface area (Å²) in [6.07, 6.45) is 1.63. The van der Waals surface area contributed by atoms with E-state index in [4.69, 9.17) is 9.47 Å². The van der Waals surface area contributed by atoms with Crippen LogP contribution in [0.4, 0.5) is 0 Å². The van der Waals surface area contributed by atoms with Crippen molar-refractivity contribution in [2.45, 2.75) is 24.7 Å². The molecule has 0 aliphatic carbocycles. The smallest absolute Gasteiger partial charge is 0.258 e. The van der Waals surface area contributed by atoms with Crippen LogP contribution in [0, 0.1) is 0 Å². The van der Waals surface area contributed by atoms with Crippen molar-refractivity contribution in [1.29, 1.82) is 0 Å². The highest BCUT2D eigenvalue weighted by Crippen LogP contribution is 2.28. The number of rotatable bonds is 9. The molecule has 0 bridgehead atoms. The second-order valence-electron chi connectivity index (χ2n) is 6.61. The van der Waals surface area contributed by atoms with Gasteiger partial charge in [-0.25, -0.2) is 0 Å². The number of amides is 3. The van der Waals surface area contributed by atoms with E-state index in [0.29, 0.717) is 30.2 Å². The fourth-order valence-electron chi connectivity index (χ4n) is 3.26. The molecule has 2 rings (SSSR count). The van der Waals surface area contributed by atoms with Gasteiger partial charge in [0.1, 0.15) is 22.8 Å². The molecule has 0 spiro atoms. The molecule has 1 aliphatic heterocycles. The van der Waals surface area contributed by atoms with Crippen molar-refractivity contribution in [2.24, 2.45) is 0 Å². The number of nitrogens with zero attached hydrogens (tertiary/aromatic N) is 1. The molecule has 160 valence electrons. The minimum Gasteiger partial charge on any atom is -0.496 e. The second-order valence-corrected chi connectivity index (χ2v) is 7.28. The van der Waals surface area contributed by atoms with E-state index in [-0.39, 0.29) is 30.3 Å². The Morgan fingerprint density at radius 1 is 1.21 bits per heavy atom. The molecular formula is C19H29N4O5P. The van der Waals surface area contributed by atoms with Crippen molar-refractivity contribution in [3.8, 4) is 11.5 Å². The molecule has 0 aromatic heterocycles. The minimum absolute atomic E-state index is 0.0732. The van der Waals surface area contributed by atoms with Crippen molar-refractivity contribution < 1.29 is 23.9 Å². The topological polar surface area (TPSA) is 109 Å². The van der Waals surface area contributed by atoms with Gasteiger partial charge in [-0.1, -0.05) is 6.07 Å². The molecule has 3 N–H and O–H groups in total. The van der Waals surface area contributed by atoms with E-state index in [1.54, 1.807) is 30.1 Å². The van der Waals surface area contributed by atoms with E-state index in [9.17, 15) is 14.4 Å². The van der Waals surface area contributed by atoms with Gasteiger partial charge in [-0.2, -0.15) is 0 Å². The number of hydrogen-bond donors (Lipinski definition) is 3. The number of hydrogen-bond acceptors (Lipinski definition) is 6. The van der Waals surface area contributed by atoms with Crippen LogP contribution in [-0.4, -0.2) is 75.3 Å². The summed E-state index contributed by atoms with van der Waals surface area (Å²) in [6.45, 7) is 0.836. The molecule has 9 nitrogen and oxygen atoms in total. The number of likely N-dealkylation sites (N-methyl/N-ethyl adjacent to an activating group) is 1. The molecule has 10 heteroatoms. The molecule has 1 fully saturated rings. The first-order valence-electron chi connectivity index (χ1n) is 9.42. The summed E-state index contributed by atoms with van der Waals surface area (Å²) < 4.78 is 10.5. The Hall–Kier alpha value is -2.38. The van der Waals surface area contributed by atoms with Crippen molar-refractivity contribution in [3.63, 3.8) is 0 Å². The third kappa shape index (κ3) is 5.81. The molecule has 1 unspecified atom stereocenters. The van der Waals surface area contributed by atoms with Gasteiger partial charge in [0.2, 0.25) is 11.8 Å². The molecule has 1 heterocycles. The maximum Gasteiger partial charge on any atom is 0.258 e. The molecule has 3 atom stereocenters. The Kier molecular flexibility index (Phi) is 8.67. The van der Waals surface area contributed by atoms with E-state index >= 15 is 0 Å². The Balaban J connectivity index is 1.95. The third-order valence-corrected chi connectivity index (χ3v) is 5.49. The summed E-state index contributed by atoms with van der Waals surface area (Å²) in [5.74, 6) is -0.378. The zero-order chi connectivity index (χ0) is 21.4. The van der Waals surface area contributed by atoms with Gasteiger partial charge in [0.25, 0.3) is 5.91 Å². The van der Waals surface area contributed by atoms with Crippen LogP contribution in [-0.2, 0) is 9.59 Å². The molecule has 29 heavy (non-hydrogen) atoms. The van der Waals surface area contributed by atoms with E-state index in [2.05, 4.69) is 25.2 Å². The predicted molar refractivity (Wildman–Crippen MR) is 112 cm³/mol. The zero-order valence-corrected chi connectivity index (χ0v) is 18.1. The van der Waals surface area contributed by atoms with Crippen molar-refractivity contribution in [1.82, 2.24) is 20.9 Å². The molecule has 1 saturated heterocycles. The van der Waals surface area contributed by atoms with Crippen molar-refractivity contribution in [3.05, 3.63) is 23.8 Å². The lowest BCUT2D eigenvalue weighted by Crippen LogP contribution is -2.48. The lowest BCUT2D eigenvalue weighted by molar-refractivity contribution is -0.133. The monoisotopic (exact) mass is 424 g/mol. The van der Waals surface area contributed by atoms with E-state index in [1.807, 2.05) is 0 Å². The highest BCUT2D eigenvalue weighted by Gasteiger charge is 2.30. The Bertz CT molecular complexity index is 723. The summed E-state index contributed by atoms with van der Waals surface area (Å²) >= 11 is 0. The van der Waals surface area contributed by atoms with Crippen LogP contribution < -0.4 is 25.4 Å². The van der Waals surface area contributed by atoms with Crippen LogP contribution in [0.5, 0.6) is 11.5 Å². The standard InChI is InChI=1S/C19H29N4O5P/c1-20-19(29)18(26)22-11-15(24)23-9-5-6-12(23)10-21-17(25)16-13(27-2)7-4-8-14(16)28-3/h4,7-8,12,19-20H,5-6,9-11,29H2,1-3H3,(H,21,25)(H,22,26)/t12-,19-/m0/s1. The lowest BCUT2D eigenvalue weighted by atomic mass is 10.1. The highest BCUT2D eigenvalue weighted by atomic mass is 31.0. The van der Waals surface area contributed by atoms with Crippen molar-refractivity contribution in [2.75, 3.05) is 40.9 Å². The number of nitrogens with one attached hydrogen (secondary N) is 3. The van der Waals surface area contributed by atoms with Gasteiger partial charge in [0.15, 0.2) is 0 Å². The lowest BCUT2D eigenvalue weighted by Gasteiger charge is -2.25. The number of ether oxygens (including phenoxy) is 2. The van der Waals surface area contributed by atoms with Crippen LogP contribution in [0.2, 0.25) is 0 Å². The maximum absolute atomic E-state index is 12.7. The SMILES string of the molecule is CN[C@@H](P)C(=O)NCC(=O)N1CCC[C@H]1CNC(=O)c1c(OC)cccc1OC. The fourth-order valence-corrected chi connectivity index (χ4v) is 3.37. The van der Waals surface area contributed by atoms with Crippen LogP contribution in [0.3, 0.4) is 0 Å². The first-order valence-corrected chi connectivity index (χ1v) is 10.1. The van der Waals surface area contributed by atoms with Crippen LogP contribution in [0.15, 0.2) is 18.2 Å². The number of likely N-dealkylation sites (tertiary alicyclic amines) is 1. The Morgan fingerprint density at radius 2 is 1.86 bits per heavy atom. The summed E-state index contributed by atoms with van der Waals surface area (Å²) in [5.41, 5.74) is 0.319. The summed E-state index contributed by atoms with van der Waals surface area (Å²) in [7, 11) is 7.00. The van der Waals surface area contributed by atoms with Gasteiger partial charge in [-0.3, -0.25) is 14.4 Å². The first kappa shape index (κ1) is 22.9. The molecule has 3 amide bonds. The summed E-state index contributed by atoms with van der Waals surface area (Å²) in [4.78, 5) is 38.8. The summed E-state index contributed by atoms with van der Waals surface area (Å²) in [5, 5.41) is 8.28. The average Bonchev–Trinajstić information content (AvgIpc) is 3.22. The van der Waals surface area contributed by atoms with Gasteiger partial charge in [-0.15, -0.1) is 9.24 Å². The largest absolute Gasteiger partial charge is 0.496 e. The van der Waals surface area contributed by atoms with Gasteiger partial charge in [0, 0.05) is 19.1 Å². The van der Waals surface area contributed by atoms with E-state index in [1.165, 1.54) is 14.2 Å². The van der Waals surface area contributed by atoms with Gasteiger partial charge in [-0.05, 0) is 32.0 Å². The normalized spacial score (nSPS) is 16.8. The number of benzene rings is 1. The Labute approximate surface area is 173 Å². The van der Waals surface area contributed by atoms with Crippen LogP contribution in [0.25, 0.3) is 0 Å². The number of carbonyl (C=O) groups is 3. The first-order chi connectivity index (χ1) is 13.9. The maximum atomic E-state index is 12.7. The fraction of sp³-hybridized carbons (Fsp3) is 0.526. The molecule has 0 radical (unpaired) electrons. The molecular weight excluding hydrogens is 395 g/mol. The number of carbonyl (C=O) groups excluding carboxylic acids is 3. The zero-order valence-electron chi connectivity index (χ0n) is 17.0. The van der Waals surface area contributed by atoms with E-state index in [0.717, 1.165) is 12.8 Å². The molecule has 1 aliphatic rings. The summed E-state index contributed by atoms with van der Waals surface area (Å²) in [6, 6.07) is 5.00.